The molecule has 1 aromatic heterocycles. The van der Waals surface area contributed by atoms with E-state index in [1.165, 1.54) is 0 Å². The summed E-state index contributed by atoms with van der Waals surface area (Å²) in [5, 5.41) is 7.53. The average Bonchev–Trinajstić information content (AvgIpc) is 2.64. The van der Waals surface area contributed by atoms with Crippen molar-refractivity contribution in [1.82, 2.24) is 14.9 Å². The molecule has 0 aliphatic carbocycles. The minimum atomic E-state index is -0.215. The molecule has 1 amide bonds. The van der Waals surface area contributed by atoms with Gasteiger partial charge in [-0.15, -0.1) is 5.10 Å². The zero-order chi connectivity index (χ0) is 11.5. The van der Waals surface area contributed by atoms with Crippen molar-refractivity contribution in [2.24, 2.45) is 0 Å². The van der Waals surface area contributed by atoms with Gasteiger partial charge in [-0.2, -0.15) is 0 Å². The fraction of sp³-hybridized carbons (Fsp3) is 0.667. The number of carbonyl (C=O) groups is 1. The molecule has 0 aliphatic heterocycles. The van der Waals surface area contributed by atoms with E-state index in [2.05, 4.69) is 30.8 Å². The molecule has 1 rings (SSSR count). The van der Waals surface area contributed by atoms with Gasteiger partial charge in [-0.25, -0.2) is 0 Å². The summed E-state index contributed by atoms with van der Waals surface area (Å²) in [7, 11) is 0. The van der Waals surface area contributed by atoms with Crippen molar-refractivity contribution in [2.75, 3.05) is 5.33 Å². The number of hydrogen-bond donors (Lipinski definition) is 1. The third kappa shape index (κ3) is 2.98. The van der Waals surface area contributed by atoms with Crippen LogP contribution < -0.4 is 5.32 Å². The SMILES string of the molecule is CCC(C)(CBr)NC(=O)c1snnc1C. The van der Waals surface area contributed by atoms with E-state index in [9.17, 15) is 4.79 Å². The van der Waals surface area contributed by atoms with Gasteiger partial charge in [-0.05, 0) is 31.8 Å². The molecular formula is C9H14BrN3OS. The molecule has 0 radical (unpaired) electrons. The van der Waals surface area contributed by atoms with Gasteiger partial charge < -0.3 is 5.32 Å². The van der Waals surface area contributed by atoms with Crippen LogP contribution in [0.15, 0.2) is 0 Å². The lowest BCUT2D eigenvalue weighted by Crippen LogP contribution is -2.46. The molecule has 0 aromatic carbocycles. The van der Waals surface area contributed by atoms with Crippen LogP contribution in [0.25, 0.3) is 0 Å². The van der Waals surface area contributed by atoms with Crippen molar-refractivity contribution < 1.29 is 4.79 Å². The molecule has 0 saturated heterocycles. The van der Waals surface area contributed by atoms with Crippen molar-refractivity contribution >= 4 is 33.4 Å². The van der Waals surface area contributed by atoms with E-state index in [1.807, 2.05) is 13.8 Å². The zero-order valence-electron chi connectivity index (χ0n) is 9.00. The van der Waals surface area contributed by atoms with Gasteiger partial charge in [-0.1, -0.05) is 27.3 Å². The van der Waals surface area contributed by atoms with Gasteiger partial charge in [0, 0.05) is 10.9 Å². The fourth-order valence-electron chi connectivity index (χ4n) is 0.987. The van der Waals surface area contributed by atoms with E-state index in [0.717, 1.165) is 23.3 Å². The van der Waals surface area contributed by atoms with Crippen LogP contribution in [0.3, 0.4) is 0 Å². The number of nitrogens with zero attached hydrogens (tertiary/aromatic N) is 2. The second-order valence-corrected chi connectivity index (χ2v) is 5.00. The Balaban J connectivity index is 2.76. The van der Waals surface area contributed by atoms with Crippen molar-refractivity contribution in [3.8, 4) is 0 Å². The minimum Gasteiger partial charge on any atom is -0.345 e. The number of rotatable bonds is 4. The van der Waals surface area contributed by atoms with Crippen molar-refractivity contribution in [3.05, 3.63) is 10.6 Å². The van der Waals surface area contributed by atoms with Crippen LogP contribution >= 0.6 is 27.5 Å². The average molecular weight is 292 g/mol. The number of carbonyl (C=O) groups excluding carboxylic acids is 1. The second-order valence-electron chi connectivity index (χ2n) is 3.69. The van der Waals surface area contributed by atoms with E-state index >= 15 is 0 Å². The highest BCUT2D eigenvalue weighted by Gasteiger charge is 2.25. The van der Waals surface area contributed by atoms with E-state index < -0.39 is 0 Å². The first-order chi connectivity index (χ1) is 7.02. The van der Waals surface area contributed by atoms with E-state index in [-0.39, 0.29) is 11.4 Å². The predicted molar refractivity (Wildman–Crippen MR) is 64.6 cm³/mol. The summed E-state index contributed by atoms with van der Waals surface area (Å²) >= 11 is 4.53. The summed E-state index contributed by atoms with van der Waals surface area (Å²) < 4.78 is 3.74. The first kappa shape index (κ1) is 12.6. The molecule has 15 heavy (non-hydrogen) atoms. The maximum absolute atomic E-state index is 11.9. The van der Waals surface area contributed by atoms with E-state index in [4.69, 9.17) is 0 Å². The molecule has 1 N–H and O–H groups in total. The number of alkyl halides is 1. The first-order valence-electron chi connectivity index (χ1n) is 4.70. The van der Waals surface area contributed by atoms with Crippen LogP contribution in [-0.2, 0) is 0 Å². The predicted octanol–water partition coefficient (Wildman–Crippen LogP) is 2.14. The standard InChI is InChI=1S/C9H14BrN3OS/c1-4-9(3,5-10)11-8(14)7-6(2)12-13-15-7/h4-5H2,1-3H3,(H,11,14). The maximum atomic E-state index is 11.9. The van der Waals surface area contributed by atoms with Crippen molar-refractivity contribution in [3.63, 3.8) is 0 Å². The summed E-state index contributed by atoms with van der Waals surface area (Å²) in [6.45, 7) is 5.83. The van der Waals surface area contributed by atoms with E-state index in [0.29, 0.717) is 10.6 Å². The van der Waals surface area contributed by atoms with Crippen LogP contribution in [-0.4, -0.2) is 26.4 Å². The van der Waals surface area contributed by atoms with Crippen LogP contribution in [0.5, 0.6) is 0 Å². The van der Waals surface area contributed by atoms with Gasteiger partial charge in [0.2, 0.25) is 0 Å². The molecule has 4 nitrogen and oxygen atoms in total. The van der Waals surface area contributed by atoms with Gasteiger partial charge in [0.15, 0.2) is 0 Å². The lowest BCUT2D eigenvalue weighted by molar-refractivity contribution is 0.0917. The quantitative estimate of drug-likeness (QED) is 0.865. The van der Waals surface area contributed by atoms with Gasteiger partial charge in [0.05, 0.1) is 5.69 Å². The minimum absolute atomic E-state index is 0.0914. The molecule has 84 valence electrons. The molecule has 1 heterocycles. The summed E-state index contributed by atoms with van der Waals surface area (Å²) in [5.41, 5.74) is 0.471. The Morgan fingerprint density at radius 3 is 2.73 bits per heavy atom. The number of nitrogens with one attached hydrogen (secondary N) is 1. The van der Waals surface area contributed by atoms with Crippen LogP contribution in [0.1, 0.15) is 35.6 Å². The lowest BCUT2D eigenvalue weighted by Gasteiger charge is -2.26. The topological polar surface area (TPSA) is 54.9 Å². The molecule has 1 unspecified atom stereocenters. The highest BCUT2D eigenvalue weighted by molar-refractivity contribution is 9.09. The number of aryl methyl sites for hydroxylation is 1. The first-order valence-corrected chi connectivity index (χ1v) is 6.59. The highest BCUT2D eigenvalue weighted by Crippen LogP contribution is 2.16. The van der Waals surface area contributed by atoms with Crippen LogP contribution in [0, 0.1) is 6.92 Å². The van der Waals surface area contributed by atoms with Crippen molar-refractivity contribution in [2.45, 2.75) is 32.7 Å². The third-order valence-electron chi connectivity index (χ3n) is 2.35. The number of amides is 1. The Kier molecular flexibility index (Phi) is 4.21. The molecule has 0 fully saturated rings. The van der Waals surface area contributed by atoms with Gasteiger partial charge >= 0.3 is 0 Å². The summed E-state index contributed by atoms with van der Waals surface area (Å²) in [5.74, 6) is -0.0914. The van der Waals surface area contributed by atoms with Crippen LogP contribution in [0.4, 0.5) is 0 Å². The molecule has 0 spiro atoms. The van der Waals surface area contributed by atoms with E-state index in [1.54, 1.807) is 6.92 Å². The van der Waals surface area contributed by atoms with Gasteiger partial charge in [0.25, 0.3) is 5.91 Å². The largest absolute Gasteiger partial charge is 0.345 e. The number of halogens is 1. The zero-order valence-corrected chi connectivity index (χ0v) is 11.4. The molecule has 1 atom stereocenters. The Morgan fingerprint density at radius 1 is 1.67 bits per heavy atom. The third-order valence-corrected chi connectivity index (χ3v) is 4.41. The summed E-state index contributed by atoms with van der Waals surface area (Å²) in [4.78, 5) is 12.5. The normalized spacial score (nSPS) is 14.7. The van der Waals surface area contributed by atoms with Gasteiger partial charge in [0.1, 0.15) is 4.88 Å². The molecule has 0 saturated carbocycles. The molecule has 0 bridgehead atoms. The number of aromatic nitrogens is 2. The van der Waals surface area contributed by atoms with Crippen LogP contribution in [0.2, 0.25) is 0 Å². The monoisotopic (exact) mass is 291 g/mol. The molecular weight excluding hydrogens is 278 g/mol. The highest BCUT2D eigenvalue weighted by atomic mass is 79.9. The molecule has 0 aliphatic rings. The van der Waals surface area contributed by atoms with Gasteiger partial charge in [-0.3, -0.25) is 4.79 Å². The number of hydrogen-bond acceptors (Lipinski definition) is 4. The lowest BCUT2D eigenvalue weighted by atomic mass is 10.0. The second kappa shape index (κ2) is 5.03. The summed E-state index contributed by atoms with van der Waals surface area (Å²) in [6, 6.07) is 0. The summed E-state index contributed by atoms with van der Waals surface area (Å²) in [6.07, 6.45) is 0.870. The molecule has 1 aromatic rings. The maximum Gasteiger partial charge on any atom is 0.265 e. The Bertz CT molecular complexity index is 349. The smallest absolute Gasteiger partial charge is 0.265 e. The Labute approximate surface area is 102 Å². The molecule has 6 heteroatoms. The fourth-order valence-corrected chi connectivity index (χ4v) is 2.08. The Morgan fingerprint density at radius 2 is 2.33 bits per heavy atom. The van der Waals surface area contributed by atoms with Crippen molar-refractivity contribution in [1.29, 1.82) is 0 Å². The Hall–Kier alpha value is -0.490.